The maximum Gasteiger partial charge on any atom is 0.0541 e. The van der Waals surface area contributed by atoms with Crippen molar-refractivity contribution in [3.8, 4) is 39.1 Å². The molecular formula is C56H38N2. The average molecular weight is 739 g/mol. The molecule has 0 bridgehead atoms. The quantitative estimate of drug-likeness (QED) is 0.158. The van der Waals surface area contributed by atoms with E-state index in [4.69, 9.17) is 0 Å². The minimum atomic E-state index is 1.08. The molecule has 0 radical (unpaired) electrons. The second-order valence-corrected chi connectivity index (χ2v) is 15.0. The van der Waals surface area contributed by atoms with Gasteiger partial charge in [-0.2, -0.15) is 0 Å². The fourth-order valence-corrected chi connectivity index (χ4v) is 8.86. The monoisotopic (exact) mass is 738 g/mol. The van der Waals surface area contributed by atoms with Crippen molar-refractivity contribution in [2.45, 2.75) is 0 Å². The van der Waals surface area contributed by atoms with Crippen LogP contribution in [0.1, 0.15) is 0 Å². The predicted octanol–water partition coefficient (Wildman–Crippen LogP) is 15.6. The molecule has 2 nitrogen and oxygen atoms in total. The highest BCUT2D eigenvalue weighted by Crippen LogP contribution is 2.43. The Balaban J connectivity index is 1.15. The number of para-hydroxylation sites is 2. The van der Waals surface area contributed by atoms with E-state index in [2.05, 4.69) is 240 Å². The third kappa shape index (κ3) is 5.82. The summed E-state index contributed by atoms with van der Waals surface area (Å²) >= 11 is 0. The number of rotatable bonds is 7. The average Bonchev–Trinajstić information content (AvgIpc) is 3.64. The van der Waals surface area contributed by atoms with Crippen LogP contribution in [0.3, 0.4) is 0 Å². The van der Waals surface area contributed by atoms with Crippen LogP contribution in [0.2, 0.25) is 0 Å². The molecule has 0 amide bonds. The zero-order chi connectivity index (χ0) is 38.4. The van der Waals surface area contributed by atoms with E-state index in [1.165, 1.54) is 71.2 Å². The van der Waals surface area contributed by atoms with E-state index in [-0.39, 0.29) is 0 Å². The number of fused-ring (bicyclic) bond motifs is 5. The van der Waals surface area contributed by atoms with Gasteiger partial charge < -0.3 is 9.47 Å². The molecule has 10 aromatic carbocycles. The van der Waals surface area contributed by atoms with Gasteiger partial charge in [0.1, 0.15) is 0 Å². The van der Waals surface area contributed by atoms with Crippen LogP contribution in [0, 0.1) is 0 Å². The molecule has 0 aliphatic rings. The summed E-state index contributed by atoms with van der Waals surface area (Å²) in [7, 11) is 0. The lowest BCUT2D eigenvalue weighted by atomic mass is 9.97. The molecule has 272 valence electrons. The Morgan fingerprint density at radius 1 is 0.276 bits per heavy atom. The van der Waals surface area contributed by atoms with Crippen molar-refractivity contribution >= 4 is 60.4 Å². The zero-order valence-corrected chi connectivity index (χ0v) is 31.8. The van der Waals surface area contributed by atoms with Crippen molar-refractivity contribution in [2.24, 2.45) is 0 Å². The minimum absolute atomic E-state index is 1.08. The fraction of sp³-hybridized carbons (Fsp3) is 0. The maximum atomic E-state index is 2.43. The molecule has 0 spiro atoms. The van der Waals surface area contributed by atoms with Crippen molar-refractivity contribution in [3.05, 3.63) is 231 Å². The van der Waals surface area contributed by atoms with E-state index in [1.54, 1.807) is 0 Å². The highest BCUT2D eigenvalue weighted by Gasteiger charge is 2.19. The van der Waals surface area contributed by atoms with Gasteiger partial charge in [-0.3, -0.25) is 0 Å². The second-order valence-electron chi connectivity index (χ2n) is 15.0. The summed E-state index contributed by atoms with van der Waals surface area (Å²) < 4.78 is 2.43. The van der Waals surface area contributed by atoms with Gasteiger partial charge in [-0.25, -0.2) is 0 Å². The van der Waals surface area contributed by atoms with Gasteiger partial charge in [0.25, 0.3) is 0 Å². The third-order valence-corrected chi connectivity index (χ3v) is 11.5. The topological polar surface area (TPSA) is 8.17 Å². The van der Waals surface area contributed by atoms with E-state index >= 15 is 0 Å². The lowest BCUT2D eigenvalue weighted by Crippen LogP contribution is -2.11. The number of aromatic nitrogens is 1. The molecule has 0 fully saturated rings. The molecule has 0 saturated carbocycles. The van der Waals surface area contributed by atoms with E-state index in [9.17, 15) is 0 Å². The Morgan fingerprint density at radius 3 is 1.43 bits per heavy atom. The van der Waals surface area contributed by atoms with Crippen molar-refractivity contribution < 1.29 is 0 Å². The number of hydrogen-bond donors (Lipinski definition) is 0. The lowest BCUT2D eigenvalue weighted by molar-refractivity contribution is 1.17. The number of nitrogens with zero attached hydrogens (tertiary/aromatic N) is 2. The van der Waals surface area contributed by atoms with Gasteiger partial charge >= 0.3 is 0 Å². The molecule has 0 aliphatic heterocycles. The predicted molar refractivity (Wildman–Crippen MR) is 247 cm³/mol. The van der Waals surface area contributed by atoms with Gasteiger partial charge in [-0.05, 0) is 110 Å². The molecule has 11 aromatic rings. The van der Waals surface area contributed by atoms with Crippen LogP contribution in [0.5, 0.6) is 0 Å². The minimum Gasteiger partial charge on any atom is -0.310 e. The lowest BCUT2D eigenvalue weighted by Gasteiger charge is -2.28. The zero-order valence-electron chi connectivity index (χ0n) is 31.8. The SMILES string of the molecule is c1ccc(-c2cc(N(c3ccc(-c4cccc5ccccc45)cc3)c3cccc(-c4cccc5ccccc45)c3)cc(-n3c4ccccc4c4ccccc43)c2)cc1. The van der Waals surface area contributed by atoms with Crippen molar-refractivity contribution in [1.82, 2.24) is 4.57 Å². The third-order valence-electron chi connectivity index (χ3n) is 11.5. The Labute approximate surface area is 338 Å². The molecule has 1 heterocycles. The molecule has 0 unspecified atom stereocenters. The Hall–Kier alpha value is -7.68. The smallest absolute Gasteiger partial charge is 0.0541 e. The van der Waals surface area contributed by atoms with E-state index in [1.807, 2.05) is 0 Å². The van der Waals surface area contributed by atoms with Gasteiger partial charge in [0.15, 0.2) is 0 Å². The molecular weight excluding hydrogens is 701 g/mol. The van der Waals surface area contributed by atoms with Gasteiger partial charge in [-0.1, -0.05) is 176 Å². The highest BCUT2D eigenvalue weighted by molar-refractivity contribution is 6.09. The summed E-state index contributed by atoms with van der Waals surface area (Å²) in [4.78, 5) is 2.42. The second kappa shape index (κ2) is 14.1. The molecule has 11 rings (SSSR count). The first-order chi connectivity index (χ1) is 28.8. The normalized spacial score (nSPS) is 11.4. The van der Waals surface area contributed by atoms with Crippen LogP contribution >= 0.6 is 0 Å². The fourth-order valence-electron chi connectivity index (χ4n) is 8.86. The molecule has 0 atom stereocenters. The van der Waals surface area contributed by atoms with Gasteiger partial charge in [0.2, 0.25) is 0 Å². The number of benzene rings is 10. The summed E-state index contributed by atoms with van der Waals surface area (Å²) in [6, 6.07) is 83.8. The largest absolute Gasteiger partial charge is 0.310 e. The van der Waals surface area contributed by atoms with Crippen LogP contribution in [0.15, 0.2) is 231 Å². The summed E-state index contributed by atoms with van der Waals surface area (Å²) in [5.41, 5.74) is 13.8. The van der Waals surface area contributed by atoms with Gasteiger partial charge in [0.05, 0.1) is 11.0 Å². The Kier molecular flexibility index (Phi) is 8.19. The van der Waals surface area contributed by atoms with E-state index < -0.39 is 0 Å². The summed E-state index contributed by atoms with van der Waals surface area (Å²) in [6.45, 7) is 0. The van der Waals surface area contributed by atoms with Gasteiger partial charge in [0, 0.05) is 33.5 Å². The van der Waals surface area contributed by atoms with Crippen LogP contribution in [0.25, 0.3) is 82.4 Å². The Bertz CT molecular complexity index is 3220. The molecule has 58 heavy (non-hydrogen) atoms. The van der Waals surface area contributed by atoms with Gasteiger partial charge in [-0.15, -0.1) is 0 Å². The van der Waals surface area contributed by atoms with Crippen LogP contribution in [-0.2, 0) is 0 Å². The molecule has 0 N–H and O–H groups in total. The van der Waals surface area contributed by atoms with Crippen LogP contribution in [-0.4, -0.2) is 4.57 Å². The maximum absolute atomic E-state index is 2.43. The number of anilines is 3. The van der Waals surface area contributed by atoms with Crippen molar-refractivity contribution in [1.29, 1.82) is 0 Å². The van der Waals surface area contributed by atoms with Crippen molar-refractivity contribution in [3.63, 3.8) is 0 Å². The molecule has 2 heteroatoms. The number of hydrogen-bond acceptors (Lipinski definition) is 1. The van der Waals surface area contributed by atoms with E-state index in [0.29, 0.717) is 0 Å². The summed E-state index contributed by atoms with van der Waals surface area (Å²) in [6.07, 6.45) is 0. The summed E-state index contributed by atoms with van der Waals surface area (Å²) in [5, 5.41) is 7.46. The first-order valence-corrected chi connectivity index (χ1v) is 19.9. The highest BCUT2D eigenvalue weighted by atomic mass is 15.1. The van der Waals surface area contributed by atoms with Crippen LogP contribution < -0.4 is 4.90 Å². The van der Waals surface area contributed by atoms with Crippen molar-refractivity contribution in [2.75, 3.05) is 4.90 Å². The molecule has 0 aliphatic carbocycles. The first-order valence-electron chi connectivity index (χ1n) is 19.9. The summed E-state index contributed by atoms with van der Waals surface area (Å²) in [5.74, 6) is 0. The van der Waals surface area contributed by atoms with E-state index in [0.717, 1.165) is 28.3 Å². The molecule has 1 aromatic heterocycles. The standard InChI is InChI=1S/C56H38N2/c1-2-15-39(16-3-1)44-36-47(38-48(37-44)58-55-29-10-8-25-53(55)54-26-9-11-30-56(54)58)57(45-33-31-42(32-34-45)51-27-13-19-40-17-4-6-23-49(40)51)46-22-12-21-43(35-46)52-28-14-20-41-18-5-7-24-50(41)52/h1-38H. The molecule has 0 saturated heterocycles. The Morgan fingerprint density at radius 2 is 0.776 bits per heavy atom. The first kappa shape index (κ1) is 33.6. The van der Waals surface area contributed by atoms with Crippen LogP contribution in [0.4, 0.5) is 17.1 Å².